The van der Waals surface area contributed by atoms with E-state index < -0.39 is 12.7 Å². The predicted octanol–water partition coefficient (Wildman–Crippen LogP) is 3.76. The van der Waals surface area contributed by atoms with E-state index in [2.05, 4.69) is 10.1 Å². The fraction of sp³-hybridized carbons (Fsp3) is 0.316. The van der Waals surface area contributed by atoms with Crippen LogP contribution in [0.25, 0.3) is 0 Å². The van der Waals surface area contributed by atoms with Gasteiger partial charge in [0.15, 0.2) is 0 Å². The highest BCUT2D eigenvalue weighted by Gasteiger charge is 2.20. The molecule has 0 aliphatic heterocycles. The van der Waals surface area contributed by atoms with Gasteiger partial charge in [0.2, 0.25) is 5.91 Å². The summed E-state index contributed by atoms with van der Waals surface area (Å²) in [6, 6.07) is 11.1. The van der Waals surface area contributed by atoms with Gasteiger partial charge in [-0.1, -0.05) is 12.1 Å². The van der Waals surface area contributed by atoms with Crippen molar-refractivity contribution in [2.45, 2.75) is 19.6 Å². The lowest BCUT2D eigenvalue weighted by Gasteiger charge is -2.24. The van der Waals surface area contributed by atoms with Crippen LogP contribution >= 0.6 is 0 Å². The van der Waals surface area contributed by atoms with Gasteiger partial charge in [-0.25, -0.2) is 4.39 Å². The number of nitrogens with zero attached hydrogens (tertiary/aromatic N) is 1. The molecule has 0 aliphatic carbocycles. The minimum atomic E-state index is -2.98. The molecule has 0 saturated heterocycles. The van der Waals surface area contributed by atoms with Crippen LogP contribution in [0, 0.1) is 5.82 Å². The Morgan fingerprint density at radius 1 is 1.15 bits per heavy atom. The molecule has 2 aromatic carbocycles. The van der Waals surface area contributed by atoms with Gasteiger partial charge in [-0.2, -0.15) is 8.78 Å². The third-order valence-corrected chi connectivity index (χ3v) is 3.93. The lowest BCUT2D eigenvalue weighted by Crippen LogP contribution is -2.41. The maximum Gasteiger partial charge on any atom is 0.387 e. The number of alkyl halides is 2. The number of carbonyl (C=O) groups is 1. The van der Waals surface area contributed by atoms with Crippen LogP contribution in [0.5, 0.6) is 11.5 Å². The van der Waals surface area contributed by atoms with Crippen LogP contribution < -0.4 is 14.8 Å². The van der Waals surface area contributed by atoms with Gasteiger partial charge in [0.25, 0.3) is 0 Å². The van der Waals surface area contributed by atoms with Crippen molar-refractivity contribution < 1.29 is 27.4 Å². The predicted molar refractivity (Wildman–Crippen MR) is 95.7 cm³/mol. The summed E-state index contributed by atoms with van der Waals surface area (Å²) in [5.41, 5.74) is 0.172. The first-order valence-electron chi connectivity index (χ1n) is 8.30. The van der Waals surface area contributed by atoms with Gasteiger partial charge in [0.1, 0.15) is 23.9 Å². The molecule has 0 aromatic heterocycles. The molecule has 0 bridgehead atoms. The number of nitrogens with one attached hydrogen (secondary N) is 1. The molecule has 8 heteroatoms. The number of para-hydroxylation sites is 2. The van der Waals surface area contributed by atoms with Gasteiger partial charge in [0.05, 0.1) is 11.7 Å². The Bertz CT molecular complexity index is 741. The van der Waals surface area contributed by atoms with Gasteiger partial charge < -0.3 is 14.8 Å². The average molecular weight is 382 g/mol. The highest BCUT2D eigenvalue weighted by atomic mass is 19.3. The maximum atomic E-state index is 12.9. The number of hydrogen-bond donors (Lipinski definition) is 1. The zero-order valence-corrected chi connectivity index (χ0v) is 15.0. The molecule has 0 aliphatic rings. The number of rotatable bonds is 9. The monoisotopic (exact) mass is 382 g/mol. The third kappa shape index (κ3) is 6.49. The summed E-state index contributed by atoms with van der Waals surface area (Å²) in [6.45, 7) is -0.567. The van der Waals surface area contributed by atoms with E-state index in [4.69, 9.17) is 4.74 Å². The highest BCUT2D eigenvalue weighted by Crippen LogP contribution is 2.25. The SMILES string of the molecule is CC(C(=O)Nc1ccccc1OC(F)F)N(C)CCOc1ccc(F)cc1. The molecule has 1 amide bonds. The second kappa shape index (κ2) is 9.82. The van der Waals surface area contributed by atoms with E-state index in [1.54, 1.807) is 24.9 Å². The topological polar surface area (TPSA) is 50.8 Å². The van der Waals surface area contributed by atoms with Crippen LogP contribution in [-0.4, -0.2) is 43.7 Å². The van der Waals surface area contributed by atoms with Crippen LogP contribution in [0.4, 0.5) is 18.9 Å². The number of benzene rings is 2. The summed E-state index contributed by atoms with van der Waals surface area (Å²) < 4.78 is 47.6. The van der Waals surface area contributed by atoms with Crippen LogP contribution in [0.2, 0.25) is 0 Å². The van der Waals surface area contributed by atoms with E-state index in [9.17, 15) is 18.0 Å². The van der Waals surface area contributed by atoms with E-state index in [0.717, 1.165) is 0 Å². The quantitative estimate of drug-likeness (QED) is 0.717. The summed E-state index contributed by atoms with van der Waals surface area (Å²) in [6.07, 6.45) is 0. The van der Waals surface area contributed by atoms with Crippen molar-refractivity contribution in [2.24, 2.45) is 0 Å². The van der Waals surface area contributed by atoms with Gasteiger partial charge in [0, 0.05) is 6.54 Å². The molecular formula is C19H21F3N2O3. The molecular weight excluding hydrogens is 361 g/mol. The van der Waals surface area contributed by atoms with Crippen molar-refractivity contribution in [3.8, 4) is 11.5 Å². The smallest absolute Gasteiger partial charge is 0.387 e. The second-order valence-electron chi connectivity index (χ2n) is 5.82. The molecule has 146 valence electrons. The minimum absolute atomic E-state index is 0.102. The van der Waals surface area contributed by atoms with Crippen molar-refractivity contribution in [2.75, 3.05) is 25.5 Å². The molecule has 1 unspecified atom stereocenters. The summed E-state index contributed by atoms with van der Waals surface area (Å²) in [7, 11) is 1.74. The number of halogens is 3. The number of hydrogen-bond acceptors (Lipinski definition) is 4. The summed E-state index contributed by atoms with van der Waals surface area (Å²) >= 11 is 0. The highest BCUT2D eigenvalue weighted by molar-refractivity contribution is 5.95. The first-order valence-corrected chi connectivity index (χ1v) is 8.30. The van der Waals surface area contributed by atoms with Crippen molar-refractivity contribution in [1.29, 1.82) is 0 Å². The molecule has 0 saturated carbocycles. The Balaban J connectivity index is 1.86. The molecule has 2 rings (SSSR count). The van der Waals surface area contributed by atoms with Crippen molar-refractivity contribution in [3.05, 3.63) is 54.3 Å². The van der Waals surface area contributed by atoms with Gasteiger partial charge in [-0.3, -0.25) is 9.69 Å². The molecule has 1 N–H and O–H groups in total. The molecule has 1 atom stereocenters. The van der Waals surface area contributed by atoms with E-state index >= 15 is 0 Å². The van der Waals surface area contributed by atoms with Gasteiger partial charge >= 0.3 is 6.61 Å². The fourth-order valence-electron chi connectivity index (χ4n) is 2.24. The molecule has 0 fully saturated rings. The van der Waals surface area contributed by atoms with E-state index in [1.807, 2.05) is 0 Å². The molecule has 0 spiro atoms. The van der Waals surface area contributed by atoms with Crippen LogP contribution in [0.1, 0.15) is 6.92 Å². The standard InChI is InChI=1S/C19H21F3N2O3/c1-13(24(2)11-12-26-15-9-7-14(20)8-10-15)18(25)23-16-5-3-4-6-17(16)27-19(21)22/h3-10,13,19H,11-12H2,1-2H3,(H,23,25). The lowest BCUT2D eigenvalue weighted by atomic mass is 10.2. The summed E-state index contributed by atoms with van der Waals surface area (Å²) in [5.74, 6) is -0.291. The molecule has 2 aromatic rings. The Labute approximate surface area is 155 Å². The number of likely N-dealkylation sites (N-methyl/N-ethyl adjacent to an activating group) is 1. The number of amides is 1. The second-order valence-corrected chi connectivity index (χ2v) is 5.82. The number of carbonyl (C=O) groups excluding carboxylic acids is 1. The zero-order chi connectivity index (χ0) is 19.8. The van der Waals surface area contributed by atoms with E-state index in [-0.39, 0.29) is 23.2 Å². The first-order chi connectivity index (χ1) is 12.9. The average Bonchev–Trinajstić information content (AvgIpc) is 2.63. The zero-order valence-electron chi connectivity index (χ0n) is 15.0. The van der Waals surface area contributed by atoms with Crippen LogP contribution in [0.15, 0.2) is 48.5 Å². The van der Waals surface area contributed by atoms with Gasteiger partial charge in [-0.15, -0.1) is 0 Å². The maximum absolute atomic E-state index is 12.9. The Kier molecular flexibility index (Phi) is 7.48. The largest absolute Gasteiger partial charge is 0.492 e. The molecule has 27 heavy (non-hydrogen) atoms. The Morgan fingerprint density at radius 2 is 1.81 bits per heavy atom. The lowest BCUT2D eigenvalue weighted by molar-refractivity contribution is -0.120. The summed E-state index contributed by atoms with van der Waals surface area (Å²) in [4.78, 5) is 14.1. The van der Waals surface area contributed by atoms with Crippen molar-refractivity contribution in [1.82, 2.24) is 4.90 Å². The summed E-state index contributed by atoms with van der Waals surface area (Å²) in [5, 5.41) is 2.59. The number of anilines is 1. The Hall–Kier alpha value is -2.74. The van der Waals surface area contributed by atoms with Crippen molar-refractivity contribution >= 4 is 11.6 Å². The normalized spacial score (nSPS) is 12.1. The Morgan fingerprint density at radius 3 is 2.48 bits per heavy atom. The van der Waals surface area contributed by atoms with E-state index in [1.165, 1.54) is 42.5 Å². The molecule has 0 radical (unpaired) electrons. The third-order valence-electron chi connectivity index (χ3n) is 3.93. The van der Waals surface area contributed by atoms with Crippen molar-refractivity contribution in [3.63, 3.8) is 0 Å². The van der Waals surface area contributed by atoms with Crippen LogP contribution in [0.3, 0.4) is 0 Å². The molecule has 5 nitrogen and oxygen atoms in total. The van der Waals surface area contributed by atoms with E-state index in [0.29, 0.717) is 18.9 Å². The van der Waals surface area contributed by atoms with Crippen LogP contribution in [-0.2, 0) is 4.79 Å². The van der Waals surface area contributed by atoms with Gasteiger partial charge in [-0.05, 0) is 50.4 Å². The first kappa shape index (κ1) is 20.6. The molecule has 0 heterocycles. The fourth-order valence-corrected chi connectivity index (χ4v) is 2.24. The minimum Gasteiger partial charge on any atom is -0.492 e. The number of ether oxygens (including phenoxy) is 2.